The minimum absolute atomic E-state index is 0.0670. The fourth-order valence-electron chi connectivity index (χ4n) is 2.48. The number of hydrogen-bond acceptors (Lipinski definition) is 3. The summed E-state index contributed by atoms with van der Waals surface area (Å²) in [5.41, 5.74) is 1.62. The van der Waals surface area contributed by atoms with Crippen LogP contribution in [0.3, 0.4) is 0 Å². The summed E-state index contributed by atoms with van der Waals surface area (Å²) in [7, 11) is -3.94. The zero-order chi connectivity index (χ0) is 18.0. The molecule has 0 bridgehead atoms. The molecule has 1 N–H and O–H groups in total. The quantitative estimate of drug-likeness (QED) is 0.823. The van der Waals surface area contributed by atoms with Gasteiger partial charge in [0.15, 0.2) is 0 Å². The summed E-state index contributed by atoms with van der Waals surface area (Å²) in [5.74, 6) is 0.198. The van der Waals surface area contributed by atoms with Crippen molar-refractivity contribution >= 4 is 43.5 Å². The highest BCUT2D eigenvalue weighted by Crippen LogP contribution is 2.25. The SMILES string of the molecule is Cc1ccc(N2C(=O)NCCC2=NS(=O)(=O)c2ccccc2Br)cc1. The molecule has 0 atom stereocenters. The van der Waals surface area contributed by atoms with Gasteiger partial charge in [-0.25, -0.2) is 9.69 Å². The number of urea groups is 1. The summed E-state index contributed by atoms with van der Waals surface area (Å²) in [4.78, 5) is 13.7. The average molecular weight is 422 g/mol. The van der Waals surface area contributed by atoms with E-state index in [1.54, 1.807) is 30.3 Å². The molecule has 3 rings (SSSR count). The minimum atomic E-state index is -3.94. The summed E-state index contributed by atoms with van der Waals surface area (Å²) >= 11 is 3.24. The monoisotopic (exact) mass is 421 g/mol. The third-order valence-electron chi connectivity index (χ3n) is 3.72. The number of benzene rings is 2. The van der Waals surface area contributed by atoms with E-state index in [2.05, 4.69) is 25.6 Å². The standard InChI is InChI=1S/C17H16BrN3O3S/c1-12-6-8-13(9-7-12)21-16(10-11-19-17(21)22)20-25(23,24)15-5-3-2-4-14(15)18/h2-9H,10-11H2,1H3,(H,19,22). The molecule has 0 aromatic heterocycles. The molecule has 0 spiro atoms. The molecule has 1 aliphatic heterocycles. The van der Waals surface area contributed by atoms with Gasteiger partial charge < -0.3 is 5.32 Å². The Labute approximate surface area is 154 Å². The smallest absolute Gasteiger partial charge is 0.327 e. The molecular weight excluding hydrogens is 406 g/mol. The zero-order valence-electron chi connectivity index (χ0n) is 13.4. The van der Waals surface area contributed by atoms with Gasteiger partial charge in [0.1, 0.15) is 10.7 Å². The number of anilines is 1. The summed E-state index contributed by atoms with van der Waals surface area (Å²) in [6.45, 7) is 2.28. The van der Waals surface area contributed by atoms with Crippen molar-refractivity contribution in [3.63, 3.8) is 0 Å². The maximum atomic E-state index is 12.7. The van der Waals surface area contributed by atoms with Crippen LogP contribution in [-0.2, 0) is 10.0 Å². The van der Waals surface area contributed by atoms with Crippen LogP contribution in [0.25, 0.3) is 0 Å². The highest BCUT2D eigenvalue weighted by atomic mass is 79.9. The second-order valence-corrected chi connectivity index (χ2v) is 7.99. The third-order valence-corrected chi connectivity index (χ3v) is 6.04. The summed E-state index contributed by atoms with van der Waals surface area (Å²) in [5, 5.41) is 2.71. The lowest BCUT2D eigenvalue weighted by Crippen LogP contribution is -2.50. The molecule has 2 aromatic rings. The highest BCUT2D eigenvalue weighted by molar-refractivity contribution is 9.10. The van der Waals surface area contributed by atoms with E-state index in [9.17, 15) is 13.2 Å². The number of aryl methyl sites for hydroxylation is 1. The van der Waals surface area contributed by atoms with Gasteiger partial charge >= 0.3 is 6.03 Å². The topological polar surface area (TPSA) is 78.8 Å². The van der Waals surface area contributed by atoms with Crippen molar-refractivity contribution in [1.29, 1.82) is 0 Å². The first-order chi connectivity index (χ1) is 11.9. The molecule has 0 saturated carbocycles. The van der Waals surface area contributed by atoms with Crippen molar-refractivity contribution in [2.24, 2.45) is 4.40 Å². The Kier molecular flexibility index (Phi) is 4.91. The van der Waals surface area contributed by atoms with Gasteiger partial charge in [-0.1, -0.05) is 29.8 Å². The Bertz CT molecular complexity index is 940. The normalized spacial score (nSPS) is 16.8. The van der Waals surface area contributed by atoms with Crippen LogP contribution in [0.1, 0.15) is 12.0 Å². The van der Waals surface area contributed by atoms with Gasteiger partial charge in [-0.15, -0.1) is 4.40 Å². The van der Waals surface area contributed by atoms with Gasteiger partial charge in [0.2, 0.25) is 0 Å². The molecule has 1 heterocycles. The van der Waals surface area contributed by atoms with Crippen LogP contribution in [0.2, 0.25) is 0 Å². The number of carbonyl (C=O) groups is 1. The summed E-state index contributed by atoms with van der Waals surface area (Å²) in [6.07, 6.45) is 0.323. The fraction of sp³-hybridized carbons (Fsp3) is 0.176. The van der Waals surface area contributed by atoms with Gasteiger partial charge in [-0.2, -0.15) is 8.42 Å². The van der Waals surface area contributed by atoms with E-state index in [0.29, 0.717) is 23.1 Å². The lowest BCUT2D eigenvalue weighted by atomic mass is 10.2. The maximum Gasteiger partial charge on any atom is 0.327 e. The van der Waals surface area contributed by atoms with Crippen LogP contribution in [0, 0.1) is 6.92 Å². The first-order valence-corrected chi connectivity index (χ1v) is 9.85. The van der Waals surface area contributed by atoms with Crippen molar-refractivity contribution in [2.75, 3.05) is 11.4 Å². The second-order valence-electron chi connectivity index (χ2n) is 5.57. The molecule has 130 valence electrons. The molecular formula is C17H16BrN3O3S. The number of amidine groups is 1. The number of halogens is 1. The van der Waals surface area contributed by atoms with Gasteiger partial charge in [-0.05, 0) is 47.1 Å². The van der Waals surface area contributed by atoms with Crippen molar-refractivity contribution in [2.45, 2.75) is 18.2 Å². The van der Waals surface area contributed by atoms with E-state index in [1.165, 1.54) is 11.0 Å². The van der Waals surface area contributed by atoms with Crippen molar-refractivity contribution in [1.82, 2.24) is 5.32 Å². The lowest BCUT2D eigenvalue weighted by molar-refractivity contribution is 0.248. The van der Waals surface area contributed by atoms with Crippen LogP contribution < -0.4 is 10.2 Å². The highest BCUT2D eigenvalue weighted by Gasteiger charge is 2.28. The molecule has 0 radical (unpaired) electrons. The number of amides is 2. The molecule has 0 aliphatic carbocycles. The first-order valence-electron chi connectivity index (χ1n) is 7.61. The number of hydrogen-bond donors (Lipinski definition) is 1. The number of nitrogens with zero attached hydrogens (tertiary/aromatic N) is 2. The second kappa shape index (κ2) is 6.97. The van der Waals surface area contributed by atoms with Crippen molar-refractivity contribution < 1.29 is 13.2 Å². The van der Waals surface area contributed by atoms with Crippen molar-refractivity contribution in [3.8, 4) is 0 Å². The molecule has 2 amide bonds. The molecule has 1 fully saturated rings. The van der Waals surface area contributed by atoms with Gasteiger partial charge in [-0.3, -0.25) is 0 Å². The number of nitrogens with one attached hydrogen (secondary N) is 1. The Morgan fingerprint density at radius 1 is 1.12 bits per heavy atom. The van der Waals surface area contributed by atoms with E-state index >= 15 is 0 Å². The predicted molar refractivity (Wildman–Crippen MR) is 100 cm³/mol. The van der Waals surface area contributed by atoms with Crippen LogP contribution in [0.5, 0.6) is 0 Å². The lowest BCUT2D eigenvalue weighted by Gasteiger charge is -2.28. The molecule has 1 saturated heterocycles. The molecule has 6 nitrogen and oxygen atoms in total. The van der Waals surface area contributed by atoms with E-state index in [4.69, 9.17) is 0 Å². The van der Waals surface area contributed by atoms with Crippen LogP contribution >= 0.6 is 15.9 Å². The molecule has 8 heteroatoms. The summed E-state index contributed by atoms with van der Waals surface area (Å²) in [6, 6.07) is 13.3. The first kappa shape index (κ1) is 17.6. The van der Waals surface area contributed by atoms with E-state index in [-0.39, 0.29) is 10.7 Å². The van der Waals surface area contributed by atoms with Gasteiger partial charge in [0, 0.05) is 17.4 Å². The number of sulfonamides is 1. The average Bonchev–Trinajstić information content (AvgIpc) is 2.56. The van der Waals surface area contributed by atoms with E-state index in [0.717, 1.165) is 5.56 Å². The summed E-state index contributed by atoms with van der Waals surface area (Å²) < 4.78 is 29.8. The maximum absolute atomic E-state index is 12.7. The van der Waals surface area contributed by atoms with E-state index in [1.807, 2.05) is 19.1 Å². The third kappa shape index (κ3) is 3.74. The molecule has 0 unspecified atom stereocenters. The van der Waals surface area contributed by atoms with Gasteiger partial charge in [0.05, 0.1) is 5.69 Å². The van der Waals surface area contributed by atoms with Gasteiger partial charge in [0.25, 0.3) is 10.0 Å². The number of rotatable bonds is 3. The van der Waals surface area contributed by atoms with Crippen LogP contribution in [0.15, 0.2) is 62.3 Å². The number of carbonyl (C=O) groups excluding carboxylic acids is 1. The largest absolute Gasteiger partial charge is 0.337 e. The Morgan fingerprint density at radius 2 is 1.80 bits per heavy atom. The predicted octanol–water partition coefficient (Wildman–Crippen LogP) is 3.46. The van der Waals surface area contributed by atoms with Crippen LogP contribution in [0.4, 0.5) is 10.5 Å². The Hall–Kier alpha value is -2.19. The van der Waals surface area contributed by atoms with Crippen molar-refractivity contribution in [3.05, 3.63) is 58.6 Å². The molecule has 1 aliphatic rings. The fourth-order valence-corrected chi connectivity index (χ4v) is 4.49. The molecule has 2 aromatic carbocycles. The zero-order valence-corrected chi connectivity index (χ0v) is 15.8. The molecule has 25 heavy (non-hydrogen) atoms. The minimum Gasteiger partial charge on any atom is -0.337 e. The van der Waals surface area contributed by atoms with Crippen LogP contribution in [-0.4, -0.2) is 26.8 Å². The van der Waals surface area contributed by atoms with E-state index < -0.39 is 16.1 Å². The Balaban J connectivity index is 2.06. The Morgan fingerprint density at radius 3 is 2.48 bits per heavy atom.